The van der Waals surface area contributed by atoms with Crippen LogP contribution in [0.1, 0.15) is 11.6 Å². The normalized spacial score (nSPS) is 12.1. The van der Waals surface area contributed by atoms with Crippen LogP contribution in [-0.2, 0) is 11.8 Å². The van der Waals surface area contributed by atoms with Gasteiger partial charge in [0.05, 0.1) is 6.20 Å². The number of carbonyl (C=O) groups is 1. The highest BCUT2D eigenvalue weighted by atomic mass is 16.2. The number of nitrogens with two attached hydrogens (primary N) is 1. The Morgan fingerprint density at radius 2 is 2.06 bits per heavy atom. The van der Waals surface area contributed by atoms with Crippen molar-refractivity contribution < 1.29 is 4.79 Å². The lowest BCUT2D eigenvalue weighted by molar-refractivity contribution is -0.117. The topological polar surface area (TPSA) is 72.9 Å². The van der Waals surface area contributed by atoms with Crippen LogP contribution in [0, 0.1) is 0 Å². The first-order chi connectivity index (χ1) is 8.18. The molecule has 0 saturated carbocycles. The SMILES string of the molecule is Cn1nccc1NC(=O)[C@@H](N)c1ccccc1. The van der Waals surface area contributed by atoms with E-state index in [4.69, 9.17) is 5.73 Å². The predicted octanol–water partition coefficient (Wildman–Crippen LogP) is 1.06. The molecule has 0 aliphatic carbocycles. The number of nitrogens with zero attached hydrogens (tertiary/aromatic N) is 2. The molecule has 0 aliphatic rings. The zero-order chi connectivity index (χ0) is 12.3. The van der Waals surface area contributed by atoms with Gasteiger partial charge in [-0.25, -0.2) is 0 Å². The summed E-state index contributed by atoms with van der Waals surface area (Å²) in [6.45, 7) is 0. The second kappa shape index (κ2) is 4.80. The molecule has 5 nitrogen and oxygen atoms in total. The fourth-order valence-electron chi connectivity index (χ4n) is 1.51. The third-order valence-electron chi connectivity index (χ3n) is 2.51. The number of benzene rings is 1. The van der Waals surface area contributed by atoms with Crippen molar-refractivity contribution in [2.45, 2.75) is 6.04 Å². The molecule has 1 aromatic carbocycles. The first-order valence-electron chi connectivity index (χ1n) is 5.28. The summed E-state index contributed by atoms with van der Waals surface area (Å²) in [4.78, 5) is 11.9. The number of hydrogen-bond donors (Lipinski definition) is 2. The number of anilines is 1. The molecule has 1 amide bonds. The van der Waals surface area contributed by atoms with Gasteiger partial charge in [0.15, 0.2) is 0 Å². The maximum absolute atomic E-state index is 11.9. The van der Waals surface area contributed by atoms with Crippen molar-refractivity contribution in [3.8, 4) is 0 Å². The molecule has 0 fully saturated rings. The van der Waals surface area contributed by atoms with Gasteiger partial charge in [0, 0.05) is 13.1 Å². The molecule has 0 radical (unpaired) electrons. The summed E-state index contributed by atoms with van der Waals surface area (Å²) in [7, 11) is 1.75. The molecule has 1 heterocycles. The van der Waals surface area contributed by atoms with Gasteiger partial charge in [-0.3, -0.25) is 9.48 Å². The second-order valence-corrected chi connectivity index (χ2v) is 3.72. The fourth-order valence-corrected chi connectivity index (χ4v) is 1.51. The lowest BCUT2D eigenvalue weighted by atomic mass is 10.1. The lowest BCUT2D eigenvalue weighted by Crippen LogP contribution is -2.28. The molecule has 1 aromatic heterocycles. The molecule has 0 bridgehead atoms. The smallest absolute Gasteiger partial charge is 0.247 e. The standard InChI is InChI=1S/C12H14N4O/c1-16-10(7-8-14-16)15-12(17)11(13)9-5-3-2-4-6-9/h2-8,11H,13H2,1H3,(H,15,17)/t11-/m0/s1. The summed E-state index contributed by atoms with van der Waals surface area (Å²) < 4.78 is 1.58. The number of hydrogen-bond acceptors (Lipinski definition) is 3. The monoisotopic (exact) mass is 230 g/mol. The van der Waals surface area contributed by atoms with Gasteiger partial charge in [-0.15, -0.1) is 0 Å². The van der Waals surface area contributed by atoms with Crippen molar-refractivity contribution in [2.75, 3.05) is 5.32 Å². The number of rotatable bonds is 3. The van der Waals surface area contributed by atoms with Gasteiger partial charge >= 0.3 is 0 Å². The largest absolute Gasteiger partial charge is 0.316 e. The Balaban J connectivity index is 2.09. The summed E-state index contributed by atoms with van der Waals surface area (Å²) in [6.07, 6.45) is 1.61. The van der Waals surface area contributed by atoms with Gasteiger partial charge < -0.3 is 11.1 Å². The third-order valence-corrected chi connectivity index (χ3v) is 2.51. The summed E-state index contributed by atoms with van der Waals surface area (Å²) >= 11 is 0. The van der Waals surface area contributed by atoms with E-state index in [1.165, 1.54) is 0 Å². The van der Waals surface area contributed by atoms with Crippen molar-refractivity contribution in [1.82, 2.24) is 9.78 Å². The number of carbonyl (C=O) groups excluding carboxylic acids is 1. The fraction of sp³-hybridized carbons (Fsp3) is 0.167. The summed E-state index contributed by atoms with van der Waals surface area (Å²) in [5.74, 6) is 0.376. The average Bonchev–Trinajstić information content (AvgIpc) is 2.75. The predicted molar refractivity (Wildman–Crippen MR) is 65.2 cm³/mol. The van der Waals surface area contributed by atoms with Crippen LogP contribution in [-0.4, -0.2) is 15.7 Å². The molecule has 0 aliphatic heterocycles. The molecule has 3 N–H and O–H groups in total. The van der Waals surface area contributed by atoms with Gasteiger partial charge in [0.1, 0.15) is 11.9 Å². The third kappa shape index (κ3) is 2.51. The quantitative estimate of drug-likeness (QED) is 0.828. The summed E-state index contributed by atoms with van der Waals surface area (Å²) in [5.41, 5.74) is 6.65. The zero-order valence-electron chi connectivity index (χ0n) is 9.50. The van der Waals surface area contributed by atoms with Crippen LogP contribution in [0.15, 0.2) is 42.6 Å². The molecule has 1 atom stereocenters. The highest BCUT2D eigenvalue weighted by molar-refractivity contribution is 5.94. The van der Waals surface area contributed by atoms with E-state index in [0.29, 0.717) is 5.82 Å². The molecule has 2 rings (SSSR count). The Hall–Kier alpha value is -2.14. The van der Waals surface area contributed by atoms with Crippen LogP contribution >= 0.6 is 0 Å². The van der Waals surface area contributed by atoms with E-state index in [-0.39, 0.29) is 5.91 Å². The van der Waals surface area contributed by atoms with Crippen LogP contribution in [0.2, 0.25) is 0 Å². The Kier molecular flexibility index (Phi) is 3.20. The Morgan fingerprint density at radius 1 is 1.35 bits per heavy atom. The zero-order valence-corrected chi connectivity index (χ0v) is 9.50. The average molecular weight is 230 g/mol. The molecular weight excluding hydrogens is 216 g/mol. The van der Waals surface area contributed by atoms with E-state index >= 15 is 0 Å². The van der Waals surface area contributed by atoms with Crippen LogP contribution in [0.3, 0.4) is 0 Å². The van der Waals surface area contributed by atoms with Gasteiger partial charge in [-0.05, 0) is 5.56 Å². The lowest BCUT2D eigenvalue weighted by Gasteiger charge is -2.12. The van der Waals surface area contributed by atoms with E-state index in [2.05, 4.69) is 10.4 Å². The van der Waals surface area contributed by atoms with Gasteiger partial charge in [0.2, 0.25) is 5.91 Å². The van der Waals surface area contributed by atoms with Gasteiger partial charge in [-0.1, -0.05) is 30.3 Å². The number of amides is 1. The van der Waals surface area contributed by atoms with Crippen LogP contribution in [0.4, 0.5) is 5.82 Å². The van der Waals surface area contributed by atoms with Crippen LogP contribution < -0.4 is 11.1 Å². The second-order valence-electron chi connectivity index (χ2n) is 3.72. The minimum absolute atomic E-state index is 0.250. The first-order valence-corrected chi connectivity index (χ1v) is 5.28. The molecule has 5 heteroatoms. The van der Waals surface area contributed by atoms with Gasteiger partial charge in [-0.2, -0.15) is 5.10 Å². The molecule has 2 aromatic rings. The molecule has 0 unspecified atom stereocenters. The van der Waals surface area contributed by atoms with Crippen molar-refractivity contribution in [3.63, 3.8) is 0 Å². The van der Waals surface area contributed by atoms with Crippen molar-refractivity contribution in [1.29, 1.82) is 0 Å². The Morgan fingerprint density at radius 3 is 2.65 bits per heavy atom. The van der Waals surface area contributed by atoms with Crippen LogP contribution in [0.25, 0.3) is 0 Å². The number of aryl methyl sites for hydroxylation is 1. The first kappa shape index (κ1) is 11.3. The maximum atomic E-state index is 11.9. The van der Waals surface area contributed by atoms with Crippen molar-refractivity contribution in [2.24, 2.45) is 12.8 Å². The number of nitrogens with one attached hydrogen (secondary N) is 1. The summed E-state index contributed by atoms with van der Waals surface area (Å²) in [5, 5.41) is 6.69. The highest BCUT2D eigenvalue weighted by Crippen LogP contribution is 2.12. The highest BCUT2D eigenvalue weighted by Gasteiger charge is 2.16. The summed E-state index contributed by atoms with van der Waals surface area (Å²) in [6, 6.07) is 10.3. The molecule has 17 heavy (non-hydrogen) atoms. The van der Waals surface area contributed by atoms with E-state index < -0.39 is 6.04 Å². The Bertz CT molecular complexity index is 506. The molecule has 88 valence electrons. The molecule has 0 spiro atoms. The minimum Gasteiger partial charge on any atom is -0.316 e. The minimum atomic E-state index is -0.675. The van der Waals surface area contributed by atoms with Crippen molar-refractivity contribution in [3.05, 3.63) is 48.2 Å². The van der Waals surface area contributed by atoms with E-state index in [0.717, 1.165) is 5.56 Å². The van der Waals surface area contributed by atoms with E-state index in [1.54, 1.807) is 24.0 Å². The van der Waals surface area contributed by atoms with Crippen molar-refractivity contribution >= 4 is 11.7 Å². The van der Waals surface area contributed by atoms with Crippen LogP contribution in [0.5, 0.6) is 0 Å². The van der Waals surface area contributed by atoms with Gasteiger partial charge in [0.25, 0.3) is 0 Å². The number of aromatic nitrogens is 2. The Labute approximate surface area is 99.2 Å². The molecular formula is C12H14N4O. The molecule has 0 saturated heterocycles. The van der Waals surface area contributed by atoms with E-state index in [9.17, 15) is 4.79 Å². The maximum Gasteiger partial charge on any atom is 0.247 e. The van der Waals surface area contributed by atoms with E-state index in [1.807, 2.05) is 30.3 Å².